The summed E-state index contributed by atoms with van der Waals surface area (Å²) in [7, 11) is -4.31. The van der Waals surface area contributed by atoms with Gasteiger partial charge in [0.25, 0.3) is 27.8 Å². The van der Waals surface area contributed by atoms with Crippen LogP contribution in [0, 0.1) is 23.2 Å². The quantitative estimate of drug-likeness (QED) is 0.0282. The molecule has 4 amide bonds. The number of ether oxygens (including phenoxy) is 2. The molecule has 4 atom stereocenters. The molecule has 3 fully saturated rings. The number of pyridine rings is 1. The Morgan fingerprint density at radius 2 is 1.71 bits per heavy atom. The van der Waals surface area contributed by atoms with Crippen LogP contribution < -0.4 is 10.2 Å². The zero-order valence-electron chi connectivity index (χ0n) is 45.2. The fourth-order valence-corrected chi connectivity index (χ4v) is 15.4. The predicted octanol–water partition coefficient (Wildman–Crippen LogP) is 8.51. The van der Waals surface area contributed by atoms with Gasteiger partial charge >= 0.3 is 5.97 Å². The molecule has 2 aliphatic heterocycles. The number of imide groups is 1. The van der Waals surface area contributed by atoms with Gasteiger partial charge < -0.3 is 24.4 Å². The minimum absolute atomic E-state index is 0.0677. The van der Waals surface area contributed by atoms with Gasteiger partial charge in [-0.1, -0.05) is 62.3 Å². The number of aromatic carboxylic acids is 1. The number of carboxylic acid groups (broad SMARTS) is 1. The molecule has 3 aliphatic carbocycles. The summed E-state index contributed by atoms with van der Waals surface area (Å²) in [6.45, 7) is 9.30. The van der Waals surface area contributed by atoms with Crippen molar-refractivity contribution in [2.75, 3.05) is 62.0 Å². The van der Waals surface area contributed by atoms with Crippen LogP contribution in [0.3, 0.4) is 0 Å². The number of hydrogen-bond donors (Lipinski definition) is 3. The Hall–Kier alpha value is -6.39. The number of aromatic nitrogens is 4. The lowest BCUT2D eigenvalue weighted by atomic mass is 9.62. The van der Waals surface area contributed by atoms with Gasteiger partial charge in [0.05, 0.1) is 47.6 Å². The lowest BCUT2D eigenvalue weighted by Crippen LogP contribution is -2.44. The highest BCUT2D eigenvalue weighted by atomic mass is 32.2. The Morgan fingerprint density at radius 1 is 0.899 bits per heavy atom. The van der Waals surface area contributed by atoms with E-state index in [4.69, 9.17) is 19.6 Å². The summed E-state index contributed by atoms with van der Waals surface area (Å²) in [5, 5.41) is 19.2. The van der Waals surface area contributed by atoms with Crippen LogP contribution in [-0.2, 0) is 53.5 Å². The van der Waals surface area contributed by atoms with Crippen molar-refractivity contribution < 1.29 is 51.5 Å². The van der Waals surface area contributed by atoms with Gasteiger partial charge in [-0.3, -0.25) is 38.6 Å². The van der Waals surface area contributed by atoms with Crippen molar-refractivity contribution in [1.29, 1.82) is 0 Å². The fourth-order valence-electron chi connectivity index (χ4n) is 14.1. The van der Waals surface area contributed by atoms with Crippen LogP contribution in [0.4, 0.5) is 10.9 Å². The summed E-state index contributed by atoms with van der Waals surface area (Å²) in [6.07, 6.45) is 14.7. The van der Waals surface area contributed by atoms with Crippen LogP contribution in [0.15, 0.2) is 72.9 Å². The summed E-state index contributed by atoms with van der Waals surface area (Å²) in [5.41, 5.74) is 4.95. The number of benzene rings is 2. The first-order chi connectivity index (χ1) is 37.8. The molecule has 10 rings (SSSR count). The van der Waals surface area contributed by atoms with Gasteiger partial charge in [0.1, 0.15) is 5.82 Å². The molecule has 3 saturated carbocycles. The van der Waals surface area contributed by atoms with Crippen LogP contribution in [0.25, 0.3) is 21.3 Å². The number of para-hydroxylation sites is 1. The van der Waals surface area contributed by atoms with Crippen LogP contribution in [0.2, 0.25) is 0 Å². The van der Waals surface area contributed by atoms with E-state index in [0.717, 1.165) is 83.3 Å². The maximum Gasteiger partial charge on any atom is 0.355 e. The van der Waals surface area contributed by atoms with E-state index >= 15 is 0 Å². The number of carbonyl (C=O) groups is 5. The first-order valence-corrected chi connectivity index (χ1v) is 30.0. The molecule has 2 aromatic carbocycles. The minimum atomic E-state index is -4.31. The summed E-state index contributed by atoms with van der Waals surface area (Å²) in [4.78, 5) is 77.8. The lowest BCUT2D eigenvalue weighted by Gasteiger charge is -2.46. The Bertz CT molecular complexity index is 3270. The molecule has 21 heteroatoms. The molecule has 3 N–H and O–H groups in total. The first kappa shape index (κ1) is 55.9. The number of rotatable bonds is 25. The highest BCUT2D eigenvalue weighted by Crippen LogP contribution is 2.77. The molecule has 3 aromatic heterocycles. The normalized spacial score (nSPS) is 23.2. The van der Waals surface area contributed by atoms with Crippen LogP contribution in [0.5, 0.6) is 0 Å². The van der Waals surface area contributed by atoms with E-state index in [1.54, 1.807) is 6.20 Å². The second-order valence-corrected chi connectivity index (χ2v) is 25.4. The van der Waals surface area contributed by atoms with E-state index in [9.17, 15) is 42.0 Å². The monoisotopic (exact) mass is 1120 g/mol. The van der Waals surface area contributed by atoms with E-state index in [1.807, 2.05) is 66.4 Å². The van der Waals surface area contributed by atoms with E-state index in [-0.39, 0.29) is 90.4 Å². The predicted molar refractivity (Wildman–Crippen MR) is 298 cm³/mol. The van der Waals surface area contributed by atoms with E-state index in [0.29, 0.717) is 79.6 Å². The molecule has 5 heterocycles. The molecule has 79 heavy (non-hydrogen) atoms. The summed E-state index contributed by atoms with van der Waals surface area (Å²) in [5.74, 6) is -2.46. The largest absolute Gasteiger partial charge is 0.476 e. The van der Waals surface area contributed by atoms with E-state index in [1.165, 1.54) is 28.4 Å². The molecular formula is C58H70N8O11S2. The first-order valence-electron chi connectivity index (χ1n) is 27.6. The second-order valence-electron chi connectivity index (χ2n) is 22.8. The van der Waals surface area contributed by atoms with Crippen molar-refractivity contribution >= 4 is 72.2 Å². The van der Waals surface area contributed by atoms with Crippen molar-refractivity contribution in [2.24, 2.45) is 16.2 Å². The Labute approximate surface area is 464 Å². The number of fused-ring (bicyclic) bond motifs is 4. The minimum Gasteiger partial charge on any atom is -0.476 e. The number of nitrogens with zero attached hydrogens (tertiary/aromatic N) is 7. The summed E-state index contributed by atoms with van der Waals surface area (Å²) < 4.78 is 48.7. The summed E-state index contributed by atoms with van der Waals surface area (Å²) >= 11 is 1.42. The van der Waals surface area contributed by atoms with Crippen LogP contribution in [0.1, 0.15) is 129 Å². The molecule has 1 spiro atoms. The van der Waals surface area contributed by atoms with Gasteiger partial charge in [-0.2, -0.15) is 13.5 Å². The average molecular weight is 1120 g/mol. The van der Waals surface area contributed by atoms with Gasteiger partial charge in [-0.25, -0.2) is 14.8 Å². The van der Waals surface area contributed by atoms with Crippen molar-refractivity contribution in [3.8, 4) is 11.1 Å². The topological polar surface area (TPSA) is 244 Å². The number of carbonyl (C=O) groups excluding carboxylic acids is 4. The van der Waals surface area contributed by atoms with Gasteiger partial charge in [0, 0.05) is 80.2 Å². The SMILES string of the molecule is CCCC1(C)CC2(Cn3ncc(-c4ccc(N5CCc6cccc(C(=O)Nc7nc8ccccc8s7)c6C5)nc4C(=O)O)c3C)CC3(OCCOCCN(CCS(=O)(=O)O)C(=O)CCCCCN4C(=O)C=CC4=O)CCC1(C2)C3. The number of carboxylic acids is 1. The average Bonchev–Trinajstić information content (AvgIpc) is 2.81. The summed E-state index contributed by atoms with van der Waals surface area (Å²) in [6, 6.07) is 17.2. The van der Waals surface area contributed by atoms with E-state index < -0.39 is 21.8 Å². The Balaban J connectivity index is 0.778. The molecule has 5 aromatic rings. The van der Waals surface area contributed by atoms with Crippen molar-refractivity contribution in [2.45, 2.75) is 123 Å². The van der Waals surface area contributed by atoms with Crippen LogP contribution >= 0.6 is 11.3 Å². The Kier molecular flexibility index (Phi) is 16.0. The van der Waals surface area contributed by atoms with Crippen LogP contribution in [-0.4, -0.2) is 135 Å². The number of thiazole rings is 1. The smallest absolute Gasteiger partial charge is 0.355 e. The molecule has 4 unspecified atom stereocenters. The zero-order chi connectivity index (χ0) is 55.7. The molecule has 0 saturated heterocycles. The third-order valence-corrected chi connectivity index (χ3v) is 19.2. The number of unbranched alkanes of at least 4 members (excludes halogenated alkanes) is 2. The fraction of sp³-hybridized carbons (Fsp3) is 0.517. The van der Waals surface area contributed by atoms with Gasteiger partial charge in [-0.15, -0.1) is 0 Å². The third-order valence-electron chi connectivity index (χ3n) is 17.6. The van der Waals surface area contributed by atoms with E-state index in [2.05, 4.69) is 28.8 Å². The molecule has 19 nitrogen and oxygen atoms in total. The molecular weight excluding hydrogens is 1050 g/mol. The maximum absolute atomic E-state index is 13.8. The molecule has 0 radical (unpaired) electrons. The molecule has 420 valence electrons. The number of nitrogens with one attached hydrogen (secondary N) is 1. The highest BCUT2D eigenvalue weighted by molar-refractivity contribution is 7.85. The van der Waals surface area contributed by atoms with Gasteiger partial charge in [-0.05, 0) is 129 Å². The lowest BCUT2D eigenvalue weighted by molar-refractivity contribution is -0.137. The number of hydrogen-bond acceptors (Lipinski definition) is 14. The highest BCUT2D eigenvalue weighted by Gasteiger charge is 2.70. The zero-order valence-corrected chi connectivity index (χ0v) is 46.8. The Morgan fingerprint density at radius 3 is 2.48 bits per heavy atom. The van der Waals surface area contributed by atoms with Crippen molar-refractivity contribution in [3.05, 3.63) is 101 Å². The van der Waals surface area contributed by atoms with Gasteiger partial charge in [0.15, 0.2) is 10.8 Å². The standard InChI is InChI=1S/C58H70N8O11S2/c1-4-21-55(3)34-56(35-57(55)22-23-58(36-56,37-57)77-30-29-76-28-26-63(27-31-79(73,74)75)48(67)15-6-5-9-24-65-49(68)18-19-50(65)69)38-66-39(2)43(32-59-66)41-16-17-47(61-51(41)53(71)72)64-25-20-40-11-10-12-42(44(40)33-64)52(70)62-54-60-45-13-7-8-14-46(45)78-54/h7-8,10-14,16-19,32H,4-6,9,15,20-31,33-38H2,1-3H3,(H,71,72)(H,60,62,70)(H,73,74,75). The maximum atomic E-state index is 13.8. The molecule has 3 bridgehead atoms. The van der Waals surface area contributed by atoms with Crippen molar-refractivity contribution in [1.82, 2.24) is 29.5 Å². The number of amides is 4. The number of anilines is 2. The third kappa shape index (κ3) is 11.8. The van der Waals surface area contributed by atoms with Crippen molar-refractivity contribution in [3.63, 3.8) is 0 Å². The van der Waals surface area contributed by atoms with Gasteiger partial charge in [0.2, 0.25) is 5.91 Å². The second kappa shape index (κ2) is 22.6. The molecule has 5 aliphatic rings.